The second kappa shape index (κ2) is 41.0. The number of hydrogen-bond acceptors (Lipinski definition) is 27. The molecule has 520 valence electrons. The van der Waals surface area contributed by atoms with Gasteiger partial charge in [-0.25, -0.2) is 0 Å². The first-order valence-corrected chi connectivity index (χ1v) is 33.0. The molecule has 5 saturated heterocycles. The van der Waals surface area contributed by atoms with Crippen LogP contribution in [0.1, 0.15) is 175 Å². The minimum atomic E-state index is -2.14. The SMILES string of the molecule is CCCCCCCCCCC(CCCCCCCCCC)(COCCCCCCCC)CO[C@@H]1OC(CO[C@@H]2OC(CO)[C@@H](O)[C@H](O)C2O)[C@@H](O[C@@H]2OC(CO)[C@@H](O)[C@H](O)C2O)[C@H](O[C@@H]2OC(CO)[C@@H](O)[C@H](O)C2O)C1O[C@@H]1OC(CO)[C@@H](O)[C@H](O)C1O. The zero-order valence-corrected chi connectivity index (χ0v) is 52.2. The predicted molar refractivity (Wildman–Crippen MR) is 311 cm³/mol. The minimum Gasteiger partial charge on any atom is -0.394 e. The summed E-state index contributed by atoms with van der Waals surface area (Å²) >= 11 is 0. The average Bonchev–Trinajstić information content (AvgIpc) is 1.32. The highest BCUT2D eigenvalue weighted by atomic mass is 16.8. The van der Waals surface area contributed by atoms with Crippen molar-refractivity contribution in [3.63, 3.8) is 0 Å². The van der Waals surface area contributed by atoms with Gasteiger partial charge in [-0.2, -0.15) is 0 Å². The van der Waals surface area contributed by atoms with Gasteiger partial charge in [0.1, 0.15) is 122 Å². The van der Waals surface area contributed by atoms with E-state index in [1.54, 1.807) is 0 Å². The molecule has 0 aliphatic carbocycles. The lowest BCUT2D eigenvalue weighted by Gasteiger charge is -2.52. The van der Waals surface area contributed by atoms with Crippen LogP contribution in [0, 0.1) is 5.41 Å². The van der Waals surface area contributed by atoms with Gasteiger partial charge in [0.25, 0.3) is 0 Å². The van der Waals surface area contributed by atoms with E-state index < -0.39 is 192 Å². The van der Waals surface area contributed by atoms with Gasteiger partial charge in [-0.15, -0.1) is 0 Å². The standard InChI is InChI=1S/C61H114O27/c1-4-7-10-13-16-18-20-23-26-61(27-24-21-19-17-14-11-8-5-2,34-78-28-25-22-15-12-9-6-3)35-80-60-55(88-59-52(77)48(73)44(69)39(32-65)84-59)54(87-58-51(76)47(72)43(68)38(31-64)83-58)53(86-57-50(75)46(71)42(67)37(30-63)82-57)40(85-60)33-79-56-49(74)45(70)41(66)36(29-62)81-56/h36-60,62-77H,4-35H2,1-3H3/t36?,37?,38?,39?,40?,41-,42-,43-,44-,45+,46+,47+,48+,49?,50?,51?,52?,53-,54+,55?,56-,57+,58+,59+,60-/m1/s1. The summed E-state index contributed by atoms with van der Waals surface area (Å²) in [6.45, 7) is 2.72. The van der Waals surface area contributed by atoms with E-state index in [2.05, 4.69) is 20.8 Å². The van der Waals surface area contributed by atoms with Gasteiger partial charge < -0.3 is 134 Å². The Morgan fingerprint density at radius 2 is 0.614 bits per heavy atom. The van der Waals surface area contributed by atoms with E-state index in [-0.39, 0.29) is 13.2 Å². The van der Waals surface area contributed by atoms with Crippen molar-refractivity contribution in [2.24, 2.45) is 5.41 Å². The fourth-order valence-corrected chi connectivity index (χ4v) is 12.3. The largest absolute Gasteiger partial charge is 0.394 e. The van der Waals surface area contributed by atoms with Crippen molar-refractivity contribution >= 4 is 0 Å². The second-order valence-corrected chi connectivity index (χ2v) is 25.0. The van der Waals surface area contributed by atoms with E-state index >= 15 is 0 Å². The maximum absolute atomic E-state index is 11.6. The van der Waals surface area contributed by atoms with E-state index in [0.29, 0.717) is 19.4 Å². The minimum absolute atomic E-state index is 0.124. The maximum Gasteiger partial charge on any atom is 0.187 e. The van der Waals surface area contributed by atoms with Crippen molar-refractivity contribution in [3.8, 4) is 0 Å². The molecule has 27 heteroatoms. The molecular formula is C61H114O27. The van der Waals surface area contributed by atoms with E-state index in [1.165, 1.54) is 0 Å². The third-order valence-corrected chi connectivity index (χ3v) is 18.0. The van der Waals surface area contributed by atoms with Crippen LogP contribution in [0.2, 0.25) is 0 Å². The molecule has 0 aromatic rings. The van der Waals surface area contributed by atoms with Crippen molar-refractivity contribution in [1.29, 1.82) is 0 Å². The third kappa shape index (κ3) is 22.5. The van der Waals surface area contributed by atoms with Gasteiger partial charge >= 0.3 is 0 Å². The van der Waals surface area contributed by atoms with Gasteiger partial charge in [0.2, 0.25) is 0 Å². The molecule has 27 nitrogen and oxygen atoms in total. The third-order valence-electron chi connectivity index (χ3n) is 18.0. The zero-order chi connectivity index (χ0) is 64.3. The van der Waals surface area contributed by atoms with Crippen LogP contribution in [0.4, 0.5) is 0 Å². The number of aliphatic hydroxyl groups excluding tert-OH is 16. The molecule has 5 fully saturated rings. The summed E-state index contributed by atoms with van der Waals surface area (Å²) in [7, 11) is 0. The molecule has 0 saturated carbocycles. The summed E-state index contributed by atoms with van der Waals surface area (Å²) in [5.74, 6) is 0. The molecule has 5 aliphatic rings. The Morgan fingerprint density at radius 1 is 0.295 bits per heavy atom. The summed E-state index contributed by atoms with van der Waals surface area (Å²) in [5.41, 5.74) is -0.733. The summed E-state index contributed by atoms with van der Waals surface area (Å²) in [6.07, 6.45) is -23.2. The van der Waals surface area contributed by atoms with Gasteiger partial charge in [0, 0.05) is 12.0 Å². The Morgan fingerprint density at radius 3 is 1.00 bits per heavy atom. The number of aliphatic hydroxyl groups is 16. The first-order valence-electron chi connectivity index (χ1n) is 33.0. The molecule has 25 atom stereocenters. The van der Waals surface area contributed by atoms with E-state index in [1.807, 2.05) is 0 Å². The number of rotatable bonds is 43. The van der Waals surface area contributed by atoms with Gasteiger partial charge in [-0.1, -0.05) is 156 Å². The molecular weight excluding hydrogens is 1160 g/mol. The zero-order valence-electron chi connectivity index (χ0n) is 52.2. The fourth-order valence-electron chi connectivity index (χ4n) is 12.3. The quantitative estimate of drug-likeness (QED) is 0.0343. The molecule has 0 spiro atoms. The van der Waals surface area contributed by atoms with E-state index in [0.717, 1.165) is 141 Å². The fraction of sp³-hybridized carbons (Fsp3) is 1.00. The molecule has 0 radical (unpaired) electrons. The Hall–Kier alpha value is -1.08. The highest BCUT2D eigenvalue weighted by Gasteiger charge is 2.58. The number of unbranched alkanes of at least 4 members (excludes halogenated alkanes) is 19. The summed E-state index contributed by atoms with van der Waals surface area (Å²) in [6, 6.07) is 0. The maximum atomic E-state index is 11.6. The molecule has 10 unspecified atom stereocenters. The first kappa shape index (κ1) is 77.6. The molecule has 0 bridgehead atoms. The van der Waals surface area contributed by atoms with Crippen molar-refractivity contribution in [1.82, 2.24) is 0 Å². The van der Waals surface area contributed by atoms with E-state index in [4.69, 9.17) is 52.1 Å². The van der Waals surface area contributed by atoms with Crippen LogP contribution in [0.25, 0.3) is 0 Å². The molecule has 5 rings (SSSR count). The van der Waals surface area contributed by atoms with Crippen LogP contribution in [0.3, 0.4) is 0 Å². The van der Waals surface area contributed by atoms with Gasteiger partial charge in [0.05, 0.1) is 46.2 Å². The van der Waals surface area contributed by atoms with Crippen LogP contribution in [0.15, 0.2) is 0 Å². The predicted octanol–water partition coefficient (Wildman–Crippen LogP) is -0.475. The number of hydrogen-bond donors (Lipinski definition) is 16. The van der Waals surface area contributed by atoms with Gasteiger partial charge in [-0.3, -0.25) is 0 Å². The summed E-state index contributed by atoms with van der Waals surface area (Å²) in [5, 5.41) is 175. The van der Waals surface area contributed by atoms with Crippen LogP contribution >= 0.6 is 0 Å². The lowest BCUT2D eigenvalue weighted by atomic mass is 9.79. The second-order valence-electron chi connectivity index (χ2n) is 25.0. The van der Waals surface area contributed by atoms with Crippen LogP contribution < -0.4 is 0 Å². The Bertz CT molecular complexity index is 1740. The van der Waals surface area contributed by atoms with Crippen molar-refractivity contribution in [3.05, 3.63) is 0 Å². The molecule has 5 aliphatic heterocycles. The molecule has 0 aromatic heterocycles. The highest BCUT2D eigenvalue weighted by Crippen LogP contribution is 2.40. The van der Waals surface area contributed by atoms with Crippen LogP contribution in [-0.2, 0) is 52.1 Å². The monoisotopic (exact) mass is 1280 g/mol. The van der Waals surface area contributed by atoms with Crippen molar-refractivity contribution < 1.29 is 134 Å². The van der Waals surface area contributed by atoms with Crippen molar-refractivity contribution in [2.75, 3.05) is 52.9 Å². The highest BCUT2D eigenvalue weighted by molar-refractivity contribution is 5.00. The van der Waals surface area contributed by atoms with Gasteiger partial charge in [-0.05, 0) is 19.3 Å². The normalized spacial score (nSPS) is 38.4. The smallest absolute Gasteiger partial charge is 0.187 e. The molecule has 0 aromatic carbocycles. The molecule has 16 N–H and O–H groups in total. The Labute approximate surface area is 519 Å². The Kier molecular flexibility index (Phi) is 36.2. The lowest BCUT2D eigenvalue weighted by Crippen LogP contribution is -2.69. The van der Waals surface area contributed by atoms with Crippen molar-refractivity contribution in [2.45, 2.75) is 328 Å². The molecule has 5 heterocycles. The number of ether oxygens (including phenoxy) is 11. The topological polar surface area (TPSA) is 425 Å². The molecule has 88 heavy (non-hydrogen) atoms. The Balaban J connectivity index is 1.66. The lowest BCUT2D eigenvalue weighted by molar-refractivity contribution is -0.412. The van der Waals surface area contributed by atoms with Gasteiger partial charge in [0.15, 0.2) is 31.5 Å². The summed E-state index contributed by atoms with van der Waals surface area (Å²) in [4.78, 5) is 0. The summed E-state index contributed by atoms with van der Waals surface area (Å²) < 4.78 is 69.6. The van der Waals surface area contributed by atoms with Crippen LogP contribution in [0.5, 0.6) is 0 Å². The first-order chi connectivity index (χ1) is 42.3. The molecule has 0 amide bonds. The average molecular weight is 1280 g/mol. The van der Waals surface area contributed by atoms with Crippen LogP contribution in [-0.4, -0.2) is 288 Å². The van der Waals surface area contributed by atoms with E-state index in [9.17, 15) is 81.7 Å².